The Morgan fingerprint density at radius 1 is 0.906 bits per heavy atom. The molecule has 1 aliphatic rings. The van der Waals surface area contributed by atoms with E-state index >= 15 is 4.39 Å². The van der Waals surface area contributed by atoms with Gasteiger partial charge in [0.25, 0.3) is 0 Å². The lowest BCUT2D eigenvalue weighted by Gasteiger charge is -2.38. The lowest BCUT2D eigenvalue weighted by atomic mass is 9.67. The number of carbonyl (C=O) groups is 2. The van der Waals surface area contributed by atoms with Crippen molar-refractivity contribution in [2.75, 3.05) is 7.11 Å². The zero-order valence-electron chi connectivity index (χ0n) is 17.1. The van der Waals surface area contributed by atoms with Crippen LogP contribution < -0.4 is 5.32 Å². The summed E-state index contributed by atoms with van der Waals surface area (Å²) in [5.41, 5.74) is -0.230. The van der Waals surface area contributed by atoms with Gasteiger partial charge in [-0.1, -0.05) is 42.5 Å². The highest BCUT2D eigenvalue weighted by atomic mass is 19.1. The Bertz CT molecular complexity index is 1100. The molecule has 1 fully saturated rings. The van der Waals surface area contributed by atoms with Crippen LogP contribution in [0.4, 0.5) is 13.2 Å². The first kappa shape index (κ1) is 21.6. The summed E-state index contributed by atoms with van der Waals surface area (Å²) in [6.07, 6.45) is -0.286. The molecule has 0 aromatic heterocycles. The average Bonchev–Trinajstić information content (AvgIpc) is 3.07. The van der Waals surface area contributed by atoms with Crippen LogP contribution in [0.1, 0.15) is 29.0 Å². The van der Waals surface area contributed by atoms with Gasteiger partial charge >= 0.3 is 5.97 Å². The Morgan fingerprint density at radius 3 is 1.94 bits per heavy atom. The van der Waals surface area contributed by atoms with E-state index in [9.17, 15) is 18.4 Å². The number of esters is 1. The van der Waals surface area contributed by atoms with E-state index < -0.39 is 46.7 Å². The molecular formula is C25H20F3NO3. The van der Waals surface area contributed by atoms with Crippen molar-refractivity contribution < 1.29 is 27.5 Å². The van der Waals surface area contributed by atoms with Crippen LogP contribution in [0.5, 0.6) is 0 Å². The molecule has 3 aromatic rings. The fourth-order valence-corrected chi connectivity index (χ4v) is 4.56. The number of methoxy groups -OCH3 is 1. The van der Waals surface area contributed by atoms with E-state index in [-0.39, 0.29) is 12.0 Å². The highest BCUT2D eigenvalue weighted by Crippen LogP contribution is 2.52. The van der Waals surface area contributed by atoms with Crippen LogP contribution in [-0.2, 0) is 19.9 Å². The number of rotatable bonds is 5. The molecule has 0 aliphatic carbocycles. The van der Waals surface area contributed by atoms with Gasteiger partial charge in [-0.2, -0.15) is 0 Å². The predicted octanol–water partition coefficient (Wildman–Crippen LogP) is 4.44. The highest BCUT2D eigenvalue weighted by Gasteiger charge is 2.56. The molecule has 4 nitrogen and oxygen atoms in total. The van der Waals surface area contributed by atoms with Crippen LogP contribution >= 0.6 is 0 Å². The molecule has 4 rings (SSSR count). The minimum Gasteiger partial charge on any atom is -0.469 e. The quantitative estimate of drug-likeness (QED) is 0.598. The standard InChI is InChI=1S/C25H20F3NO3/c1-32-22(30)14-20-23(19-4-2-3-5-21(19)28)25(29-24(20)31,15-6-10-17(26)11-7-15)16-8-12-18(27)13-9-16/h2-13,20,23H,14H2,1H3,(H,29,31)/t20-,23?/m0/s1. The van der Waals surface area contributed by atoms with Crippen LogP contribution in [0.25, 0.3) is 0 Å². The van der Waals surface area contributed by atoms with Crippen molar-refractivity contribution in [2.45, 2.75) is 17.9 Å². The molecule has 7 heteroatoms. The molecule has 1 saturated heterocycles. The van der Waals surface area contributed by atoms with Gasteiger partial charge in [0.2, 0.25) is 5.91 Å². The molecule has 2 atom stereocenters. The maximum Gasteiger partial charge on any atom is 0.306 e. The summed E-state index contributed by atoms with van der Waals surface area (Å²) in [4.78, 5) is 25.4. The number of hydrogen-bond acceptors (Lipinski definition) is 3. The van der Waals surface area contributed by atoms with Crippen LogP contribution in [0.3, 0.4) is 0 Å². The fraction of sp³-hybridized carbons (Fsp3) is 0.200. The van der Waals surface area contributed by atoms with E-state index in [0.29, 0.717) is 11.1 Å². The highest BCUT2D eigenvalue weighted by molar-refractivity contribution is 5.89. The smallest absolute Gasteiger partial charge is 0.306 e. The number of carbonyl (C=O) groups excluding carboxylic acids is 2. The summed E-state index contributed by atoms with van der Waals surface area (Å²) >= 11 is 0. The van der Waals surface area contributed by atoms with Gasteiger partial charge in [0.1, 0.15) is 17.5 Å². The summed E-state index contributed by atoms with van der Waals surface area (Å²) in [5.74, 6) is -4.52. The molecule has 0 spiro atoms. The van der Waals surface area contributed by atoms with E-state index in [0.717, 1.165) is 0 Å². The summed E-state index contributed by atoms with van der Waals surface area (Å²) in [6.45, 7) is 0. The van der Waals surface area contributed by atoms with Crippen molar-refractivity contribution in [3.8, 4) is 0 Å². The maximum atomic E-state index is 15.1. The van der Waals surface area contributed by atoms with Crippen LogP contribution in [-0.4, -0.2) is 19.0 Å². The van der Waals surface area contributed by atoms with Crippen LogP contribution in [0.2, 0.25) is 0 Å². The monoisotopic (exact) mass is 439 g/mol. The number of amides is 1. The van der Waals surface area contributed by atoms with Crippen molar-refractivity contribution in [1.29, 1.82) is 0 Å². The first-order valence-corrected chi connectivity index (χ1v) is 10.0. The minimum absolute atomic E-state index is 0.202. The average molecular weight is 439 g/mol. The topological polar surface area (TPSA) is 55.4 Å². The normalized spacial score (nSPS) is 19.4. The molecule has 1 unspecified atom stereocenters. The second-order valence-electron chi connectivity index (χ2n) is 7.70. The summed E-state index contributed by atoms with van der Waals surface area (Å²) in [6, 6.07) is 16.9. The summed E-state index contributed by atoms with van der Waals surface area (Å²) in [5, 5.41) is 2.94. The Balaban J connectivity index is 2.02. The lowest BCUT2D eigenvalue weighted by molar-refractivity contribution is -0.143. The number of halogens is 3. The zero-order chi connectivity index (χ0) is 22.9. The van der Waals surface area contributed by atoms with Gasteiger partial charge in [0.05, 0.1) is 25.0 Å². The van der Waals surface area contributed by atoms with Gasteiger partial charge in [0, 0.05) is 5.92 Å². The number of nitrogens with one attached hydrogen (secondary N) is 1. The minimum atomic E-state index is -1.38. The summed E-state index contributed by atoms with van der Waals surface area (Å²) in [7, 11) is 1.21. The molecule has 32 heavy (non-hydrogen) atoms. The molecule has 164 valence electrons. The predicted molar refractivity (Wildman–Crippen MR) is 111 cm³/mol. The third kappa shape index (κ3) is 3.64. The van der Waals surface area contributed by atoms with Crippen molar-refractivity contribution in [3.63, 3.8) is 0 Å². The molecule has 3 aromatic carbocycles. The number of ether oxygens (including phenoxy) is 1. The molecular weight excluding hydrogens is 419 g/mol. The molecule has 1 heterocycles. The maximum absolute atomic E-state index is 15.1. The van der Waals surface area contributed by atoms with E-state index in [1.54, 1.807) is 12.1 Å². The van der Waals surface area contributed by atoms with Crippen LogP contribution in [0, 0.1) is 23.4 Å². The van der Waals surface area contributed by atoms with E-state index in [1.165, 1.54) is 67.8 Å². The second-order valence-corrected chi connectivity index (χ2v) is 7.70. The molecule has 1 amide bonds. The molecule has 0 bridgehead atoms. The number of benzene rings is 3. The van der Waals surface area contributed by atoms with Crippen LogP contribution in [0.15, 0.2) is 72.8 Å². The van der Waals surface area contributed by atoms with Gasteiger partial charge in [-0.15, -0.1) is 0 Å². The van der Waals surface area contributed by atoms with E-state index in [4.69, 9.17) is 4.74 Å². The van der Waals surface area contributed by atoms with Gasteiger partial charge in [-0.3, -0.25) is 9.59 Å². The Labute approximate surface area is 183 Å². The molecule has 0 radical (unpaired) electrons. The van der Waals surface area contributed by atoms with Gasteiger partial charge in [-0.25, -0.2) is 13.2 Å². The van der Waals surface area contributed by atoms with Crippen molar-refractivity contribution in [3.05, 3.63) is 107 Å². The molecule has 1 N–H and O–H groups in total. The fourth-order valence-electron chi connectivity index (χ4n) is 4.56. The van der Waals surface area contributed by atoms with Crippen molar-refractivity contribution in [1.82, 2.24) is 5.32 Å². The van der Waals surface area contributed by atoms with E-state index in [1.807, 2.05) is 0 Å². The Kier molecular flexibility index (Phi) is 5.74. The first-order chi connectivity index (χ1) is 15.4. The first-order valence-electron chi connectivity index (χ1n) is 10.0. The van der Waals surface area contributed by atoms with Gasteiger partial charge in [-0.05, 0) is 47.0 Å². The van der Waals surface area contributed by atoms with Gasteiger partial charge < -0.3 is 10.1 Å². The lowest BCUT2D eigenvalue weighted by Crippen LogP contribution is -2.43. The third-order valence-electron chi connectivity index (χ3n) is 5.98. The van der Waals surface area contributed by atoms with Gasteiger partial charge in [0.15, 0.2) is 0 Å². The largest absolute Gasteiger partial charge is 0.469 e. The van der Waals surface area contributed by atoms with Crippen molar-refractivity contribution in [2.24, 2.45) is 5.92 Å². The SMILES string of the molecule is COC(=O)C[C@@H]1C(=O)NC(c2ccc(F)cc2)(c2ccc(F)cc2)C1c1ccccc1F. The second kappa shape index (κ2) is 8.49. The Morgan fingerprint density at radius 2 is 1.44 bits per heavy atom. The number of hydrogen-bond donors (Lipinski definition) is 1. The Hall–Kier alpha value is -3.61. The third-order valence-corrected chi connectivity index (χ3v) is 5.98. The van der Waals surface area contributed by atoms with Crippen molar-refractivity contribution >= 4 is 11.9 Å². The van der Waals surface area contributed by atoms with E-state index in [2.05, 4.69) is 5.32 Å². The summed E-state index contributed by atoms with van der Waals surface area (Å²) < 4.78 is 47.4. The molecule has 1 aliphatic heterocycles. The zero-order valence-corrected chi connectivity index (χ0v) is 17.1. The molecule has 0 saturated carbocycles.